The van der Waals surface area contributed by atoms with Crippen molar-refractivity contribution in [1.29, 1.82) is 0 Å². The fourth-order valence-corrected chi connectivity index (χ4v) is 4.87. The smallest absolute Gasteiger partial charge is 0.270 e. The number of hydrogen-bond acceptors (Lipinski definition) is 3. The van der Waals surface area contributed by atoms with Gasteiger partial charge >= 0.3 is 0 Å². The van der Waals surface area contributed by atoms with Crippen LogP contribution in [0.4, 0.5) is 5.69 Å². The summed E-state index contributed by atoms with van der Waals surface area (Å²) in [5, 5.41) is 2.79. The van der Waals surface area contributed by atoms with Gasteiger partial charge in [-0.1, -0.05) is 37.3 Å². The number of benzene rings is 2. The molecule has 0 atom stereocenters. The van der Waals surface area contributed by atoms with Gasteiger partial charge in [0.05, 0.1) is 11.4 Å². The van der Waals surface area contributed by atoms with Crippen molar-refractivity contribution in [2.75, 3.05) is 4.90 Å². The molecule has 0 radical (unpaired) electrons. The number of thiocarbonyl (C=S) groups is 1. The molecule has 2 heterocycles. The van der Waals surface area contributed by atoms with E-state index in [1.54, 1.807) is 6.08 Å². The Balaban J connectivity index is 1.83. The number of carbonyl (C=O) groups is 2. The highest BCUT2D eigenvalue weighted by Crippen LogP contribution is 2.30. The van der Waals surface area contributed by atoms with Crippen LogP contribution in [0.1, 0.15) is 46.1 Å². The van der Waals surface area contributed by atoms with Crippen LogP contribution in [0.2, 0.25) is 0 Å². The first-order valence-corrected chi connectivity index (χ1v) is 11.8. The molecule has 1 aliphatic heterocycles. The number of para-hydroxylation sites is 1. The minimum Gasteiger partial charge on any atom is -0.317 e. The summed E-state index contributed by atoms with van der Waals surface area (Å²) in [6.07, 6.45) is 2.59. The second-order valence-corrected chi connectivity index (χ2v) is 9.23. The third-order valence-electron chi connectivity index (χ3n) is 6.40. The molecule has 6 heteroatoms. The third kappa shape index (κ3) is 3.99. The van der Waals surface area contributed by atoms with Crippen molar-refractivity contribution >= 4 is 40.9 Å². The molecule has 1 saturated heterocycles. The van der Waals surface area contributed by atoms with Gasteiger partial charge in [-0.2, -0.15) is 0 Å². The van der Waals surface area contributed by atoms with Gasteiger partial charge in [-0.15, -0.1) is 0 Å². The predicted octanol–water partition coefficient (Wildman–Crippen LogP) is 5.41. The fourth-order valence-electron chi connectivity index (χ4n) is 4.59. The summed E-state index contributed by atoms with van der Waals surface area (Å²) in [5.74, 6) is -0.899. The van der Waals surface area contributed by atoms with Crippen molar-refractivity contribution in [1.82, 2.24) is 9.88 Å². The Morgan fingerprint density at radius 3 is 2.41 bits per heavy atom. The Labute approximate surface area is 206 Å². The fraction of sp³-hybridized carbons (Fsp3) is 0.250. The first kappa shape index (κ1) is 23.6. The summed E-state index contributed by atoms with van der Waals surface area (Å²) in [6, 6.07) is 14.2. The van der Waals surface area contributed by atoms with Crippen LogP contribution in [-0.2, 0) is 16.0 Å². The second-order valence-electron chi connectivity index (χ2n) is 8.85. The number of nitrogens with one attached hydrogen (secondary N) is 1. The molecule has 1 fully saturated rings. The van der Waals surface area contributed by atoms with E-state index >= 15 is 0 Å². The zero-order chi connectivity index (χ0) is 24.7. The monoisotopic (exact) mass is 471 g/mol. The van der Waals surface area contributed by atoms with E-state index in [1.807, 2.05) is 52.0 Å². The molecular weight excluding hydrogens is 442 g/mol. The van der Waals surface area contributed by atoms with Gasteiger partial charge < -0.3 is 4.57 Å². The molecule has 3 aromatic rings. The maximum Gasteiger partial charge on any atom is 0.270 e. The zero-order valence-corrected chi connectivity index (χ0v) is 21.3. The van der Waals surface area contributed by atoms with Gasteiger partial charge in [0.15, 0.2) is 5.11 Å². The van der Waals surface area contributed by atoms with Crippen LogP contribution < -0.4 is 10.2 Å². The lowest BCUT2D eigenvalue weighted by molar-refractivity contribution is -0.122. The number of nitrogens with zero attached hydrogens (tertiary/aromatic N) is 2. The molecule has 0 aliphatic carbocycles. The number of aryl methyl sites for hydroxylation is 5. The standard InChI is InChI=1S/C28H29N3O2S/c1-7-21-10-8-9-18(4)25(21)30-19(5)14-22(20(30)6)15-23-26(32)29-28(34)31(27(23)33)24-13-16(2)11-12-17(24)3/h8-15H,7H2,1-6H3,(H,29,32,34)/b23-15+. The second kappa shape index (κ2) is 9.03. The Bertz CT molecular complexity index is 1380. The molecule has 5 nitrogen and oxygen atoms in total. The Kier molecular flexibility index (Phi) is 6.28. The van der Waals surface area contributed by atoms with Crippen molar-refractivity contribution in [3.8, 4) is 5.69 Å². The van der Waals surface area contributed by atoms with Gasteiger partial charge in [0.2, 0.25) is 0 Å². The molecule has 2 amide bonds. The lowest BCUT2D eigenvalue weighted by Gasteiger charge is -2.30. The average Bonchev–Trinajstić information content (AvgIpc) is 3.06. The molecule has 34 heavy (non-hydrogen) atoms. The lowest BCUT2D eigenvalue weighted by Crippen LogP contribution is -2.54. The Morgan fingerprint density at radius 1 is 0.971 bits per heavy atom. The van der Waals surface area contributed by atoms with Crippen LogP contribution in [0.5, 0.6) is 0 Å². The van der Waals surface area contributed by atoms with Gasteiger partial charge in [-0.25, -0.2) is 0 Å². The van der Waals surface area contributed by atoms with Gasteiger partial charge in [0.1, 0.15) is 5.57 Å². The Morgan fingerprint density at radius 2 is 1.71 bits per heavy atom. The van der Waals surface area contributed by atoms with Crippen molar-refractivity contribution in [3.63, 3.8) is 0 Å². The summed E-state index contributed by atoms with van der Waals surface area (Å²) in [4.78, 5) is 27.8. The third-order valence-corrected chi connectivity index (χ3v) is 6.69. The molecule has 1 N–H and O–H groups in total. The Hall–Kier alpha value is -3.51. The van der Waals surface area contributed by atoms with E-state index in [0.717, 1.165) is 40.2 Å². The lowest BCUT2D eigenvalue weighted by atomic mass is 10.0. The van der Waals surface area contributed by atoms with E-state index in [1.165, 1.54) is 16.0 Å². The summed E-state index contributed by atoms with van der Waals surface area (Å²) in [6.45, 7) is 12.2. The van der Waals surface area contributed by atoms with Crippen LogP contribution in [0, 0.1) is 34.6 Å². The van der Waals surface area contributed by atoms with E-state index in [2.05, 4.69) is 41.9 Å². The highest BCUT2D eigenvalue weighted by molar-refractivity contribution is 7.80. The summed E-state index contributed by atoms with van der Waals surface area (Å²) >= 11 is 5.38. The van der Waals surface area contributed by atoms with Crippen LogP contribution >= 0.6 is 12.2 Å². The molecule has 0 spiro atoms. The maximum atomic E-state index is 13.5. The summed E-state index contributed by atoms with van der Waals surface area (Å²) in [5.41, 5.74) is 9.08. The van der Waals surface area contributed by atoms with Crippen molar-refractivity contribution in [2.45, 2.75) is 48.0 Å². The van der Waals surface area contributed by atoms with Crippen LogP contribution in [-0.4, -0.2) is 21.5 Å². The number of carbonyl (C=O) groups excluding carboxylic acids is 2. The minimum absolute atomic E-state index is 0.0651. The highest BCUT2D eigenvalue weighted by atomic mass is 32.1. The SMILES string of the molecule is CCc1cccc(C)c1-n1c(C)cc(/C=C2\C(=O)NC(=S)N(c3cc(C)ccc3C)C2=O)c1C. The topological polar surface area (TPSA) is 54.3 Å². The molecule has 1 aliphatic rings. The van der Waals surface area contributed by atoms with Crippen LogP contribution in [0.25, 0.3) is 11.8 Å². The maximum absolute atomic E-state index is 13.5. The van der Waals surface area contributed by atoms with E-state index in [9.17, 15) is 9.59 Å². The molecule has 2 aromatic carbocycles. The summed E-state index contributed by atoms with van der Waals surface area (Å²) < 4.78 is 2.21. The molecule has 174 valence electrons. The molecule has 0 saturated carbocycles. The first-order valence-electron chi connectivity index (χ1n) is 11.4. The number of hydrogen-bond donors (Lipinski definition) is 1. The highest BCUT2D eigenvalue weighted by Gasteiger charge is 2.35. The van der Waals surface area contributed by atoms with Crippen molar-refractivity contribution in [3.05, 3.63) is 87.2 Å². The van der Waals surface area contributed by atoms with Crippen molar-refractivity contribution < 1.29 is 9.59 Å². The van der Waals surface area contributed by atoms with Crippen molar-refractivity contribution in [2.24, 2.45) is 0 Å². The number of aromatic nitrogens is 1. The molecule has 0 unspecified atom stereocenters. The van der Waals surface area contributed by atoms with Gasteiger partial charge in [0, 0.05) is 11.4 Å². The molecule has 0 bridgehead atoms. The van der Waals surface area contributed by atoms with Crippen LogP contribution in [0.15, 0.2) is 48.0 Å². The summed E-state index contributed by atoms with van der Waals surface area (Å²) in [7, 11) is 0. The van der Waals surface area contributed by atoms with Crippen LogP contribution in [0.3, 0.4) is 0 Å². The first-order chi connectivity index (χ1) is 16.1. The number of rotatable bonds is 4. The van der Waals surface area contributed by atoms with E-state index in [4.69, 9.17) is 12.2 Å². The molecule has 4 rings (SSSR count). The zero-order valence-electron chi connectivity index (χ0n) is 20.4. The number of amides is 2. The minimum atomic E-state index is -0.480. The van der Waals surface area contributed by atoms with Gasteiger partial charge in [-0.05, 0) is 99.3 Å². The van der Waals surface area contributed by atoms with E-state index in [-0.39, 0.29) is 10.7 Å². The predicted molar refractivity (Wildman–Crippen MR) is 141 cm³/mol. The quantitative estimate of drug-likeness (QED) is 0.314. The van der Waals surface area contributed by atoms with E-state index < -0.39 is 11.8 Å². The normalized spacial score (nSPS) is 15.3. The molecular formula is C28H29N3O2S. The average molecular weight is 472 g/mol. The van der Waals surface area contributed by atoms with E-state index in [0.29, 0.717) is 5.69 Å². The number of anilines is 1. The molecule has 1 aromatic heterocycles. The van der Waals surface area contributed by atoms with Gasteiger partial charge in [-0.3, -0.25) is 19.8 Å². The largest absolute Gasteiger partial charge is 0.317 e. The van der Waals surface area contributed by atoms with Gasteiger partial charge in [0.25, 0.3) is 11.8 Å².